The van der Waals surface area contributed by atoms with Crippen LogP contribution in [0.2, 0.25) is 0 Å². The molecule has 3 rings (SSSR count). The van der Waals surface area contributed by atoms with Gasteiger partial charge in [-0.05, 0) is 71.4 Å². The molecule has 1 aliphatic carbocycles. The summed E-state index contributed by atoms with van der Waals surface area (Å²) in [7, 11) is 0. The lowest BCUT2D eigenvalue weighted by atomic mass is 10.0. The second-order valence-electron chi connectivity index (χ2n) is 5.18. The van der Waals surface area contributed by atoms with Crippen LogP contribution < -0.4 is 0 Å². The highest BCUT2D eigenvalue weighted by atomic mass is 32.2. The Morgan fingerprint density at radius 1 is 1.05 bits per heavy atom. The van der Waals surface area contributed by atoms with E-state index in [0.717, 1.165) is 28.6 Å². The summed E-state index contributed by atoms with van der Waals surface area (Å²) in [5.74, 6) is -0.323. The van der Waals surface area contributed by atoms with Gasteiger partial charge in [-0.2, -0.15) is 0 Å². The Morgan fingerprint density at radius 3 is 2.41 bits per heavy atom. The number of carbonyl (C=O) groups is 1. The first-order valence-corrected chi connectivity index (χ1v) is 8.19. The second kappa shape index (κ2) is 5.93. The number of aldehydes is 1. The maximum absolute atomic E-state index is 13.5. The van der Waals surface area contributed by atoms with Gasteiger partial charge in [0.1, 0.15) is 5.82 Å². The van der Waals surface area contributed by atoms with Crippen LogP contribution in [0.25, 0.3) is 17.2 Å². The average Bonchev–Trinajstić information content (AvgIpc) is 2.79. The number of halogens is 1. The quantitative estimate of drug-likeness (QED) is 0.581. The first-order valence-electron chi connectivity index (χ1n) is 6.96. The molecule has 0 spiro atoms. The lowest BCUT2D eigenvalue weighted by Crippen LogP contribution is -1.87. The number of benzene rings is 2. The smallest absolute Gasteiger partial charge is 0.150 e. The molecule has 1 nitrogen and oxygen atoms in total. The summed E-state index contributed by atoms with van der Waals surface area (Å²) >= 11 is 1.70. The van der Waals surface area contributed by atoms with Crippen LogP contribution in [0.4, 0.5) is 4.39 Å². The third-order valence-corrected chi connectivity index (χ3v) is 4.66. The normalized spacial score (nSPS) is 15.3. The van der Waals surface area contributed by atoms with Crippen LogP contribution in [-0.2, 0) is 4.79 Å². The molecule has 2 aromatic carbocycles. The fourth-order valence-corrected chi connectivity index (χ4v) is 3.14. The Labute approximate surface area is 133 Å². The highest BCUT2D eigenvalue weighted by Gasteiger charge is 2.23. The summed E-state index contributed by atoms with van der Waals surface area (Å²) in [5.41, 5.74) is 5.10. The Hall–Kier alpha value is -2.13. The number of hydrogen-bond acceptors (Lipinski definition) is 2. The van der Waals surface area contributed by atoms with E-state index in [0.29, 0.717) is 11.1 Å². The molecule has 0 atom stereocenters. The molecule has 3 heteroatoms. The van der Waals surface area contributed by atoms with Gasteiger partial charge in [-0.3, -0.25) is 4.79 Å². The van der Waals surface area contributed by atoms with Crippen molar-refractivity contribution < 1.29 is 9.18 Å². The third kappa shape index (κ3) is 2.53. The van der Waals surface area contributed by atoms with Crippen molar-refractivity contribution in [1.82, 2.24) is 0 Å². The fourth-order valence-electron chi connectivity index (χ4n) is 2.73. The Morgan fingerprint density at radius 2 is 1.77 bits per heavy atom. The van der Waals surface area contributed by atoms with E-state index >= 15 is 0 Å². The molecular weight excluding hydrogens is 295 g/mol. The number of hydrogen-bond donors (Lipinski definition) is 0. The first-order chi connectivity index (χ1) is 10.6. The molecule has 0 N–H and O–H groups in total. The van der Waals surface area contributed by atoms with Crippen molar-refractivity contribution in [1.29, 1.82) is 0 Å². The van der Waals surface area contributed by atoms with Crippen molar-refractivity contribution >= 4 is 35.3 Å². The monoisotopic (exact) mass is 310 g/mol. The van der Waals surface area contributed by atoms with E-state index < -0.39 is 0 Å². The number of allylic oxidation sites excluding steroid dienone is 3. The van der Waals surface area contributed by atoms with Gasteiger partial charge in [0.05, 0.1) is 0 Å². The van der Waals surface area contributed by atoms with Crippen molar-refractivity contribution in [2.24, 2.45) is 0 Å². The zero-order chi connectivity index (χ0) is 15.7. The van der Waals surface area contributed by atoms with Gasteiger partial charge in [-0.25, -0.2) is 4.39 Å². The summed E-state index contributed by atoms with van der Waals surface area (Å²) in [5, 5.41) is 0. The fraction of sp³-hybridized carbons (Fsp3) is 0.105. The lowest BCUT2D eigenvalue weighted by molar-refractivity contribution is -0.103. The average molecular weight is 310 g/mol. The van der Waals surface area contributed by atoms with E-state index in [1.54, 1.807) is 17.8 Å². The summed E-state index contributed by atoms with van der Waals surface area (Å²) in [4.78, 5) is 12.6. The van der Waals surface area contributed by atoms with Crippen molar-refractivity contribution in [2.45, 2.75) is 11.8 Å². The summed E-state index contributed by atoms with van der Waals surface area (Å²) in [6, 6.07) is 12.8. The van der Waals surface area contributed by atoms with Gasteiger partial charge in [0.15, 0.2) is 6.29 Å². The van der Waals surface area contributed by atoms with E-state index in [-0.39, 0.29) is 5.82 Å². The predicted molar refractivity (Wildman–Crippen MR) is 91.2 cm³/mol. The predicted octanol–water partition coefficient (Wildman–Crippen LogP) is 5.07. The molecule has 110 valence electrons. The largest absolute Gasteiger partial charge is 0.298 e. The van der Waals surface area contributed by atoms with E-state index in [1.807, 2.05) is 31.4 Å². The summed E-state index contributed by atoms with van der Waals surface area (Å²) in [6.07, 6.45) is 4.90. The minimum Gasteiger partial charge on any atom is -0.298 e. The molecular formula is C19H15FOS. The summed E-state index contributed by atoms with van der Waals surface area (Å²) in [6.45, 7) is 1.91. The van der Waals surface area contributed by atoms with Crippen LogP contribution in [-0.4, -0.2) is 12.5 Å². The summed E-state index contributed by atoms with van der Waals surface area (Å²) < 4.78 is 13.5. The topological polar surface area (TPSA) is 17.1 Å². The van der Waals surface area contributed by atoms with E-state index in [1.165, 1.54) is 17.0 Å². The van der Waals surface area contributed by atoms with E-state index in [9.17, 15) is 9.18 Å². The third-order valence-electron chi connectivity index (χ3n) is 3.91. The lowest BCUT2D eigenvalue weighted by Gasteiger charge is -2.05. The SMILES string of the molecule is CSc1ccc(C=C2C(C)=C(C=O)c3cc(F)ccc32)cc1. The Bertz CT molecular complexity index is 801. The highest BCUT2D eigenvalue weighted by Crippen LogP contribution is 2.41. The minimum absolute atomic E-state index is 0.323. The number of rotatable bonds is 3. The standard InChI is InChI=1S/C19H15FOS/c1-12-17(9-13-3-6-15(22-2)7-4-13)16-8-5-14(20)10-18(16)19(12)11-21/h3-11H,1-2H3. The molecule has 0 aliphatic heterocycles. The highest BCUT2D eigenvalue weighted by molar-refractivity contribution is 7.98. The van der Waals surface area contributed by atoms with Crippen molar-refractivity contribution in [2.75, 3.05) is 6.26 Å². The van der Waals surface area contributed by atoms with E-state index in [2.05, 4.69) is 12.1 Å². The van der Waals surface area contributed by atoms with Gasteiger partial charge < -0.3 is 0 Å². The Kier molecular flexibility index (Phi) is 3.99. The van der Waals surface area contributed by atoms with Gasteiger partial charge in [-0.15, -0.1) is 11.8 Å². The van der Waals surface area contributed by atoms with Gasteiger partial charge in [0, 0.05) is 10.5 Å². The molecule has 1 aliphatic rings. The number of thioether (sulfide) groups is 1. The molecule has 2 aromatic rings. The number of fused-ring (bicyclic) bond motifs is 1. The molecule has 0 aromatic heterocycles. The first kappa shape index (κ1) is 14.8. The Balaban J connectivity index is 2.12. The second-order valence-corrected chi connectivity index (χ2v) is 6.06. The molecule has 0 amide bonds. The maximum Gasteiger partial charge on any atom is 0.150 e. The van der Waals surface area contributed by atoms with Crippen LogP contribution in [0.1, 0.15) is 23.6 Å². The molecule has 0 bridgehead atoms. The molecule has 0 saturated carbocycles. The van der Waals surface area contributed by atoms with Crippen LogP contribution >= 0.6 is 11.8 Å². The van der Waals surface area contributed by atoms with Crippen LogP contribution in [0.5, 0.6) is 0 Å². The van der Waals surface area contributed by atoms with Gasteiger partial charge in [-0.1, -0.05) is 18.2 Å². The molecule has 0 heterocycles. The van der Waals surface area contributed by atoms with Crippen molar-refractivity contribution in [3.8, 4) is 0 Å². The number of carbonyl (C=O) groups excluding carboxylic acids is 1. The van der Waals surface area contributed by atoms with E-state index in [4.69, 9.17) is 0 Å². The molecule has 0 unspecified atom stereocenters. The van der Waals surface area contributed by atoms with Gasteiger partial charge in [0.2, 0.25) is 0 Å². The zero-order valence-corrected chi connectivity index (χ0v) is 13.2. The zero-order valence-electron chi connectivity index (χ0n) is 12.4. The molecule has 0 saturated heterocycles. The molecule has 0 fully saturated rings. The maximum atomic E-state index is 13.5. The van der Waals surface area contributed by atoms with Crippen LogP contribution in [0.3, 0.4) is 0 Å². The van der Waals surface area contributed by atoms with Gasteiger partial charge >= 0.3 is 0 Å². The molecule has 0 radical (unpaired) electrons. The molecule has 22 heavy (non-hydrogen) atoms. The van der Waals surface area contributed by atoms with Crippen molar-refractivity contribution in [3.05, 3.63) is 70.5 Å². The van der Waals surface area contributed by atoms with Crippen LogP contribution in [0.15, 0.2) is 52.9 Å². The minimum atomic E-state index is -0.323. The van der Waals surface area contributed by atoms with Gasteiger partial charge in [0.25, 0.3) is 0 Å². The van der Waals surface area contributed by atoms with Crippen molar-refractivity contribution in [3.63, 3.8) is 0 Å². The van der Waals surface area contributed by atoms with Crippen LogP contribution in [0, 0.1) is 5.82 Å².